The molecule has 2 aliphatic rings. The molecule has 1 atom stereocenters. The van der Waals surface area contributed by atoms with Crippen molar-refractivity contribution < 1.29 is 16.8 Å². The minimum atomic E-state index is -3.58. The maximum absolute atomic E-state index is 12.9. The van der Waals surface area contributed by atoms with E-state index in [-0.39, 0.29) is 15.8 Å². The Kier molecular flexibility index (Phi) is 5.01. The maximum Gasteiger partial charge on any atom is 0.243 e. The van der Waals surface area contributed by atoms with Crippen LogP contribution in [0.25, 0.3) is 0 Å². The molecule has 0 spiro atoms. The topological polar surface area (TPSA) is 74.8 Å². The Morgan fingerprint density at radius 3 is 2.08 bits per heavy atom. The molecule has 2 aliphatic heterocycles. The predicted molar refractivity (Wildman–Crippen MR) is 92.1 cm³/mol. The maximum atomic E-state index is 12.9. The normalized spacial score (nSPS) is 23.8. The molecule has 134 valence electrons. The lowest BCUT2D eigenvalue weighted by molar-refractivity contribution is 0.257. The van der Waals surface area contributed by atoms with Gasteiger partial charge in [-0.05, 0) is 63.0 Å². The summed E-state index contributed by atoms with van der Waals surface area (Å²) in [7, 11) is -6.91. The third kappa shape index (κ3) is 3.66. The van der Waals surface area contributed by atoms with Crippen molar-refractivity contribution in [2.45, 2.75) is 41.5 Å². The van der Waals surface area contributed by atoms with E-state index in [4.69, 9.17) is 0 Å². The molecule has 0 aromatic heterocycles. The molecule has 2 saturated heterocycles. The molecule has 0 amide bonds. The smallest absolute Gasteiger partial charge is 0.243 e. The predicted octanol–water partition coefficient (Wildman–Crippen LogP) is 1.34. The summed E-state index contributed by atoms with van der Waals surface area (Å²) in [5.41, 5.74) is 0. The summed E-state index contributed by atoms with van der Waals surface area (Å²) < 4.78 is 50.5. The Bertz CT molecular complexity index is 782. The van der Waals surface area contributed by atoms with Crippen molar-refractivity contribution in [3.63, 3.8) is 0 Å². The zero-order valence-electron chi connectivity index (χ0n) is 13.9. The first kappa shape index (κ1) is 17.8. The second-order valence-electron chi connectivity index (χ2n) is 6.66. The van der Waals surface area contributed by atoms with Gasteiger partial charge in [0.25, 0.3) is 0 Å². The summed E-state index contributed by atoms with van der Waals surface area (Å²) >= 11 is 0. The Labute approximate surface area is 144 Å². The Morgan fingerprint density at radius 1 is 0.917 bits per heavy atom. The van der Waals surface area contributed by atoms with E-state index < -0.39 is 19.9 Å². The van der Waals surface area contributed by atoms with Crippen molar-refractivity contribution in [1.29, 1.82) is 0 Å². The van der Waals surface area contributed by atoms with E-state index in [1.54, 1.807) is 4.31 Å². The van der Waals surface area contributed by atoms with Crippen LogP contribution in [0, 0.1) is 0 Å². The molecule has 1 aromatic rings. The molecule has 24 heavy (non-hydrogen) atoms. The number of likely N-dealkylation sites (tertiary alicyclic amines) is 1. The average molecular weight is 373 g/mol. The summed E-state index contributed by atoms with van der Waals surface area (Å²) in [6.07, 6.45) is 5.25. The zero-order chi connectivity index (χ0) is 17.4. The second-order valence-corrected chi connectivity index (χ2v) is 10.6. The van der Waals surface area contributed by atoms with Crippen LogP contribution in [0.5, 0.6) is 0 Å². The van der Waals surface area contributed by atoms with Crippen LogP contribution in [0.1, 0.15) is 25.7 Å². The molecule has 0 saturated carbocycles. The molecule has 2 fully saturated rings. The molecule has 1 aromatic carbocycles. The van der Waals surface area contributed by atoms with Gasteiger partial charge >= 0.3 is 0 Å². The van der Waals surface area contributed by atoms with Crippen LogP contribution in [0.3, 0.4) is 0 Å². The van der Waals surface area contributed by atoms with Gasteiger partial charge in [-0.1, -0.05) is 0 Å². The molecule has 1 unspecified atom stereocenters. The van der Waals surface area contributed by atoms with Gasteiger partial charge in [-0.3, -0.25) is 0 Å². The van der Waals surface area contributed by atoms with Gasteiger partial charge in [-0.25, -0.2) is 16.8 Å². The van der Waals surface area contributed by atoms with Crippen LogP contribution in [0.15, 0.2) is 34.1 Å². The van der Waals surface area contributed by atoms with Crippen molar-refractivity contribution in [3.05, 3.63) is 24.3 Å². The number of sulfone groups is 1. The fourth-order valence-corrected chi connectivity index (χ4v) is 5.88. The molecule has 0 aliphatic carbocycles. The first-order chi connectivity index (χ1) is 11.3. The molecular formula is C16H24N2O4S2. The van der Waals surface area contributed by atoms with E-state index in [2.05, 4.69) is 4.90 Å². The van der Waals surface area contributed by atoms with E-state index in [0.29, 0.717) is 6.54 Å². The van der Waals surface area contributed by atoms with E-state index >= 15 is 0 Å². The third-order valence-electron chi connectivity index (χ3n) is 4.85. The van der Waals surface area contributed by atoms with Crippen molar-refractivity contribution in [1.82, 2.24) is 9.21 Å². The van der Waals surface area contributed by atoms with Gasteiger partial charge in [0, 0.05) is 25.4 Å². The highest BCUT2D eigenvalue weighted by Crippen LogP contribution is 2.28. The molecule has 2 heterocycles. The number of nitrogens with zero attached hydrogens (tertiary/aromatic N) is 2. The summed E-state index contributed by atoms with van der Waals surface area (Å²) in [5.74, 6) is 0. The first-order valence-corrected chi connectivity index (χ1v) is 11.7. The molecule has 6 nitrogen and oxygen atoms in total. The van der Waals surface area contributed by atoms with Crippen molar-refractivity contribution >= 4 is 19.9 Å². The van der Waals surface area contributed by atoms with Gasteiger partial charge in [0.05, 0.1) is 9.79 Å². The number of sulfonamides is 1. The fraction of sp³-hybridized carbons (Fsp3) is 0.625. The highest BCUT2D eigenvalue weighted by molar-refractivity contribution is 7.90. The van der Waals surface area contributed by atoms with Crippen LogP contribution in [0.4, 0.5) is 0 Å². The SMILES string of the molecule is CS(=O)(=O)c1ccc(S(=O)(=O)N2CCCC2CN2CCCC2)cc1. The largest absolute Gasteiger partial charge is 0.302 e. The molecule has 3 rings (SSSR count). The van der Waals surface area contributed by atoms with Gasteiger partial charge < -0.3 is 4.90 Å². The lowest BCUT2D eigenvalue weighted by atomic mass is 10.2. The Balaban J connectivity index is 1.80. The van der Waals surface area contributed by atoms with E-state index in [1.807, 2.05) is 0 Å². The van der Waals surface area contributed by atoms with Crippen LogP contribution >= 0.6 is 0 Å². The fourth-order valence-electron chi connectivity index (χ4n) is 3.57. The van der Waals surface area contributed by atoms with E-state index in [1.165, 1.54) is 37.1 Å². The lowest BCUT2D eigenvalue weighted by Crippen LogP contribution is -2.42. The highest BCUT2D eigenvalue weighted by atomic mass is 32.2. The second kappa shape index (κ2) is 6.74. The monoisotopic (exact) mass is 372 g/mol. The Hall–Kier alpha value is -0.960. The molecule has 0 radical (unpaired) electrons. The standard InChI is InChI=1S/C16H24N2O4S2/c1-23(19,20)15-6-8-16(9-7-15)24(21,22)18-12-4-5-14(18)13-17-10-2-3-11-17/h6-9,14H,2-5,10-13H2,1H3. The van der Waals surface area contributed by atoms with Crippen LogP contribution in [0.2, 0.25) is 0 Å². The molecular weight excluding hydrogens is 348 g/mol. The summed E-state index contributed by atoms with van der Waals surface area (Å²) in [6, 6.07) is 5.55. The van der Waals surface area contributed by atoms with Gasteiger partial charge in [0.15, 0.2) is 9.84 Å². The van der Waals surface area contributed by atoms with Gasteiger partial charge in [0.2, 0.25) is 10.0 Å². The quantitative estimate of drug-likeness (QED) is 0.780. The van der Waals surface area contributed by atoms with Crippen molar-refractivity contribution in [2.75, 3.05) is 32.4 Å². The third-order valence-corrected chi connectivity index (χ3v) is 7.94. The van der Waals surface area contributed by atoms with Gasteiger partial charge in [0.1, 0.15) is 0 Å². The van der Waals surface area contributed by atoms with Crippen LogP contribution in [-0.4, -0.2) is 64.5 Å². The van der Waals surface area contributed by atoms with Gasteiger partial charge in [-0.15, -0.1) is 0 Å². The molecule has 0 N–H and O–H groups in total. The number of hydrogen-bond acceptors (Lipinski definition) is 5. The van der Waals surface area contributed by atoms with Gasteiger partial charge in [-0.2, -0.15) is 4.31 Å². The van der Waals surface area contributed by atoms with Crippen LogP contribution < -0.4 is 0 Å². The van der Waals surface area contributed by atoms with Crippen molar-refractivity contribution in [3.8, 4) is 0 Å². The number of benzene rings is 1. The lowest BCUT2D eigenvalue weighted by Gasteiger charge is -2.27. The Morgan fingerprint density at radius 2 is 1.50 bits per heavy atom. The summed E-state index contributed by atoms with van der Waals surface area (Å²) in [5, 5.41) is 0. The summed E-state index contributed by atoms with van der Waals surface area (Å²) in [4.78, 5) is 2.64. The van der Waals surface area contributed by atoms with E-state index in [0.717, 1.165) is 38.7 Å². The van der Waals surface area contributed by atoms with E-state index in [9.17, 15) is 16.8 Å². The first-order valence-electron chi connectivity index (χ1n) is 8.33. The number of hydrogen-bond donors (Lipinski definition) is 0. The average Bonchev–Trinajstić information content (AvgIpc) is 3.19. The zero-order valence-corrected chi connectivity index (χ0v) is 15.5. The summed E-state index contributed by atoms with van der Waals surface area (Å²) in [6.45, 7) is 3.43. The molecule has 0 bridgehead atoms. The highest BCUT2D eigenvalue weighted by Gasteiger charge is 2.36. The van der Waals surface area contributed by atoms with Crippen molar-refractivity contribution in [2.24, 2.45) is 0 Å². The van der Waals surface area contributed by atoms with Crippen LogP contribution in [-0.2, 0) is 19.9 Å². The number of rotatable bonds is 5. The molecule has 8 heteroatoms. The minimum Gasteiger partial charge on any atom is -0.302 e. The minimum absolute atomic E-state index is 0.0164.